The summed E-state index contributed by atoms with van der Waals surface area (Å²) < 4.78 is 26.0. The van der Waals surface area contributed by atoms with Gasteiger partial charge in [-0.25, -0.2) is 8.78 Å². The van der Waals surface area contributed by atoms with E-state index in [2.05, 4.69) is 0 Å². The van der Waals surface area contributed by atoms with E-state index in [-0.39, 0.29) is 11.6 Å². The van der Waals surface area contributed by atoms with Gasteiger partial charge < -0.3 is 5.73 Å². The molecule has 0 amide bonds. The molecule has 0 bridgehead atoms. The molecule has 0 heterocycles. The fraction of sp³-hybridized carbons (Fsp3) is 0.200. The van der Waals surface area contributed by atoms with Gasteiger partial charge in [-0.15, -0.1) is 0 Å². The van der Waals surface area contributed by atoms with E-state index >= 15 is 0 Å². The zero-order chi connectivity index (χ0) is 13.8. The maximum absolute atomic E-state index is 13.2. The van der Waals surface area contributed by atoms with Crippen molar-refractivity contribution in [1.82, 2.24) is 4.90 Å². The first-order valence-corrected chi connectivity index (χ1v) is 6.01. The highest BCUT2D eigenvalue weighted by atomic mass is 19.1. The minimum absolute atomic E-state index is 0.246. The first-order valence-electron chi connectivity index (χ1n) is 6.01. The molecule has 0 aliphatic rings. The lowest BCUT2D eigenvalue weighted by Crippen LogP contribution is -2.17. The van der Waals surface area contributed by atoms with Gasteiger partial charge in [-0.05, 0) is 48.5 Å². The van der Waals surface area contributed by atoms with Crippen molar-refractivity contribution in [2.45, 2.75) is 13.1 Å². The number of halogens is 2. The molecular weight excluding hydrogens is 246 g/mol. The number of benzene rings is 2. The zero-order valence-corrected chi connectivity index (χ0v) is 10.7. The highest BCUT2D eigenvalue weighted by molar-refractivity contribution is 5.41. The van der Waals surface area contributed by atoms with Gasteiger partial charge in [-0.3, -0.25) is 4.90 Å². The van der Waals surface area contributed by atoms with E-state index in [1.54, 1.807) is 18.2 Å². The van der Waals surface area contributed by atoms with Crippen LogP contribution in [0, 0.1) is 11.6 Å². The van der Waals surface area contributed by atoms with Gasteiger partial charge in [-0.2, -0.15) is 0 Å². The predicted molar refractivity (Wildman–Crippen MR) is 72.4 cm³/mol. The fourth-order valence-corrected chi connectivity index (χ4v) is 2.04. The molecule has 2 aromatic carbocycles. The molecule has 0 aliphatic heterocycles. The number of nitrogens with zero attached hydrogens (tertiary/aromatic N) is 1. The summed E-state index contributed by atoms with van der Waals surface area (Å²) in [4.78, 5) is 2.02. The Kier molecular flexibility index (Phi) is 4.12. The molecule has 100 valence electrons. The summed E-state index contributed by atoms with van der Waals surface area (Å²) >= 11 is 0. The summed E-state index contributed by atoms with van der Waals surface area (Å²) in [6, 6.07) is 10.9. The van der Waals surface area contributed by atoms with Crippen molar-refractivity contribution in [2.24, 2.45) is 0 Å². The second kappa shape index (κ2) is 5.80. The van der Waals surface area contributed by atoms with Crippen molar-refractivity contribution in [3.8, 4) is 0 Å². The zero-order valence-electron chi connectivity index (χ0n) is 10.7. The number of hydrogen-bond acceptors (Lipinski definition) is 2. The van der Waals surface area contributed by atoms with Gasteiger partial charge in [0.1, 0.15) is 11.6 Å². The molecule has 2 aromatic rings. The highest BCUT2D eigenvalue weighted by Crippen LogP contribution is 2.14. The third-order valence-electron chi connectivity index (χ3n) is 2.80. The summed E-state index contributed by atoms with van der Waals surface area (Å²) in [7, 11) is 1.92. The summed E-state index contributed by atoms with van der Waals surface area (Å²) in [5.41, 5.74) is 7.85. The molecule has 0 aliphatic carbocycles. The highest BCUT2D eigenvalue weighted by Gasteiger charge is 2.04. The summed E-state index contributed by atoms with van der Waals surface area (Å²) in [5, 5.41) is 0. The van der Waals surface area contributed by atoms with Gasteiger partial charge in [-0.1, -0.05) is 12.1 Å². The second-order valence-corrected chi connectivity index (χ2v) is 4.69. The molecule has 0 unspecified atom stereocenters. The number of nitrogens with two attached hydrogens (primary N) is 1. The lowest BCUT2D eigenvalue weighted by molar-refractivity contribution is 0.318. The number of hydrogen-bond donors (Lipinski definition) is 1. The molecule has 0 atom stereocenters. The molecule has 0 radical (unpaired) electrons. The fourth-order valence-electron chi connectivity index (χ4n) is 2.04. The molecule has 19 heavy (non-hydrogen) atoms. The lowest BCUT2D eigenvalue weighted by atomic mass is 10.1. The van der Waals surface area contributed by atoms with Crippen LogP contribution in [0.15, 0.2) is 42.5 Å². The van der Waals surface area contributed by atoms with Crippen LogP contribution < -0.4 is 5.73 Å². The summed E-state index contributed by atoms with van der Waals surface area (Å²) in [6.45, 7) is 1.25. The molecule has 2 nitrogen and oxygen atoms in total. The Bertz CT molecular complexity index is 532. The van der Waals surface area contributed by atoms with Gasteiger partial charge >= 0.3 is 0 Å². The maximum Gasteiger partial charge on any atom is 0.125 e. The quantitative estimate of drug-likeness (QED) is 0.857. The minimum atomic E-state index is -0.329. The average molecular weight is 262 g/mol. The van der Waals surface area contributed by atoms with Crippen molar-refractivity contribution in [2.75, 3.05) is 12.8 Å². The Morgan fingerprint density at radius 1 is 0.895 bits per heavy atom. The van der Waals surface area contributed by atoms with E-state index < -0.39 is 0 Å². The normalized spacial score (nSPS) is 10.9. The predicted octanol–water partition coefficient (Wildman–Crippen LogP) is 3.18. The lowest BCUT2D eigenvalue weighted by Gasteiger charge is -2.17. The van der Waals surface area contributed by atoms with Gasteiger partial charge in [0.15, 0.2) is 0 Å². The summed E-state index contributed by atoms with van der Waals surface area (Å²) in [6.07, 6.45) is 0. The molecule has 0 fully saturated rings. The third kappa shape index (κ3) is 4.03. The van der Waals surface area contributed by atoms with Crippen molar-refractivity contribution in [1.29, 1.82) is 0 Å². The maximum atomic E-state index is 13.2. The van der Waals surface area contributed by atoms with E-state index in [9.17, 15) is 8.78 Å². The van der Waals surface area contributed by atoms with Crippen LogP contribution in [0.5, 0.6) is 0 Å². The molecule has 2 rings (SSSR count). The Balaban J connectivity index is 2.00. The van der Waals surface area contributed by atoms with Crippen LogP contribution in [0.25, 0.3) is 0 Å². The molecule has 2 N–H and O–H groups in total. The minimum Gasteiger partial charge on any atom is -0.399 e. The van der Waals surface area contributed by atoms with E-state index in [0.717, 1.165) is 11.1 Å². The van der Waals surface area contributed by atoms with Gasteiger partial charge in [0.25, 0.3) is 0 Å². The summed E-state index contributed by atoms with van der Waals surface area (Å²) in [5.74, 6) is -0.575. The van der Waals surface area contributed by atoms with Crippen LogP contribution in [0.1, 0.15) is 11.1 Å². The first kappa shape index (κ1) is 13.5. The van der Waals surface area contributed by atoms with Crippen LogP contribution in [-0.2, 0) is 13.1 Å². The van der Waals surface area contributed by atoms with Crippen molar-refractivity contribution >= 4 is 5.69 Å². The van der Waals surface area contributed by atoms with Gasteiger partial charge in [0.05, 0.1) is 0 Å². The van der Waals surface area contributed by atoms with Crippen LogP contribution in [-0.4, -0.2) is 11.9 Å². The largest absolute Gasteiger partial charge is 0.399 e. The topological polar surface area (TPSA) is 29.3 Å². The van der Waals surface area contributed by atoms with Crippen LogP contribution in [0.2, 0.25) is 0 Å². The van der Waals surface area contributed by atoms with E-state index in [1.165, 1.54) is 24.3 Å². The number of anilines is 1. The smallest absolute Gasteiger partial charge is 0.125 e. The van der Waals surface area contributed by atoms with Gasteiger partial charge in [0.2, 0.25) is 0 Å². The van der Waals surface area contributed by atoms with E-state index in [0.29, 0.717) is 18.8 Å². The van der Waals surface area contributed by atoms with Crippen LogP contribution in [0.4, 0.5) is 14.5 Å². The van der Waals surface area contributed by atoms with Crippen molar-refractivity contribution in [3.05, 3.63) is 65.2 Å². The third-order valence-corrected chi connectivity index (χ3v) is 2.80. The molecule has 0 saturated carbocycles. The van der Waals surface area contributed by atoms with Gasteiger partial charge in [0, 0.05) is 18.8 Å². The Morgan fingerprint density at radius 2 is 1.53 bits per heavy atom. The average Bonchev–Trinajstić information content (AvgIpc) is 2.30. The Hall–Kier alpha value is -1.94. The second-order valence-electron chi connectivity index (χ2n) is 4.69. The molecule has 4 heteroatoms. The van der Waals surface area contributed by atoms with Crippen LogP contribution >= 0.6 is 0 Å². The Labute approximate surface area is 111 Å². The van der Waals surface area contributed by atoms with Crippen LogP contribution in [0.3, 0.4) is 0 Å². The molecule has 0 saturated heterocycles. The number of rotatable bonds is 4. The SMILES string of the molecule is CN(Cc1ccc(F)cc1)Cc1cc(N)cc(F)c1. The van der Waals surface area contributed by atoms with E-state index in [4.69, 9.17) is 5.73 Å². The van der Waals surface area contributed by atoms with Crippen molar-refractivity contribution in [3.63, 3.8) is 0 Å². The van der Waals surface area contributed by atoms with E-state index in [1.807, 2.05) is 11.9 Å². The number of nitrogen functional groups attached to an aromatic ring is 1. The Morgan fingerprint density at radius 3 is 2.16 bits per heavy atom. The molecular formula is C15H16F2N2. The molecule has 0 spiro atoms. The van der Waals surface area contributed by atoms with Crippen molar-refractivity contribution < 1.29 is 8.78 Å². The standard InChI is InChI=1S/C15H16F2N2/c1-19(9-11-2-4-13(16)5-3-11)10-12-6-14(17)8-15(18)7-12/h2-8H,9-10,18H2,1H3. The monoisotopic (exact) mass is 262 g/mol. The first-order chi connectivity index (χ1) is 9.02. The molecule has 0 aromatic heterocycles.